The van der Waals surface area contributed by atoms with Crippen LogP contribution in [-0.2, 0) is 4.79 Å². The number of carboxylic acids is 1. The van der Waals surface area contributed by atoms with Crippen LogP contribution in [0, 0.1) is 0 Å². The summed E-state index contributed by atoms with van der Waals surface area (Å²) >= 11 is 5.70. The maximum atomic E-state index is 12.1. The number of aromatic nitrogens is 1. The van der Waals surface area contributed by atoms with E-state index in [1.165, 1.54) is 23.2 Å². The Balaban J connectivity index is 2.23. The lowest BCUT2D eigenvalue weighted by Crippen LogP contribution is -2.40. The number of aliphatic carboxylic acids is 1. The molecule has 6 heteroatoms. The number of carboxylic acid groups (broad SMARTS) is 1. The van der Waals surface area contributed by atoms with Gasteiger partial charge in [-0.25, -0.2) is 9.78 Å². The molecule has 5 nitrogen and oxygen atoms in total. The molecule has 0 saturated carbocycles. The van der Waals surface area contributed by atoms with Gasteiger partial charge in [0.15, 0.2) is 0 Å². The van der Waals surface area contributed by atoms with Crippen LogP contribution in [-0.4, -0.2) is 39.5 Å². The minimum absolute atomic E-state index is 0.224. The average Bonchev–Trinajstić information content (AvgIpc) is 2.77. The number of rotatable bonds is 2. The molecule has 1 atom stereocenters. The molecule has 1 amide bonds. The predicted octanol–water partition coefficient (Wildman–Crippen LogP) is 1.42. The fraction of sp³-hybridized carbons (Fsp3) is 0.364. The van der Waals surface area contributed by atoms with Crippen LogP contribution in [0.15, 0.2) is 18.3 Å². The van der Waals surface area contributed by atoms with Crippen molar-refractivity contribution in [1.82, 2.24) is 9.88 Å². The molecule has 1 fully saturated rings. The summed E-state index contributed by atoms with van der Waals surface area (Å²) in [7, 11) is 0. The zero-order valence-electron chi connectivity index (χ0n) is 8.97. The van der Waals surface area contributed by atoms with Crippen molar-refractivity contribution in [2.45, 2.75) is 18.9 Å². The number of carbonyl (C=O) groups excluding carboxylic acids is 1. The van der Waals surface area contributed by atoms with Crippen molar-refractivity contribution in [3.63, 3.8) is 0 Å². The lowest BCUT2D eigenvalue weighted by molar-refractivity contribution is -0.141. The third kappa shape index (κ3) is 2.39. The Kier molecular flexibility index (Phi) is 3.28. The van der Waals surface area contributed by atoms with E-state index in [-0.39, 0.29) is 11.1 Å². The minimum Gasteiger partial charge on any atom is -0.480 e. The molecule has 0 radical (unpaired) electrons. The Morgan fingerprint density at radius 1 is 1.53 bits per heavy atom. The largest absolute Gasteiger partial charge is 0.480 e. The highest BCUT2D eigenvalue weighted by Crippen LogP contribution is 2.20. The summed E-state index contributed by atoms with van der Waals surface area (Å²) in [6.45, 7) is 0.468. The van der Waals surface area contributed by atoms with E-state index < -0.39 is 12.0 Å². The molecular weight excluding hydrogens is 244 g/mol. The van der Waals surface area contributed by atoms with Gasteiger partial charge in [-0.3, -0.25) is 4.79 Å². The number of carbonyl (C=O) groups is 2. The molecule has 1 N–H and O–H groups in total. The first kappa shape index (κ1) is 11.9. The normalized spacial score (nSPS) is 19.4. The molecule has 90 valence electrons. The SMILES string of the molecule is O=C(O)[C@H]1CCCN1C(=O)c1ccnc(Cl)c1. The highest BCUT2D eigenvalue weighted by molar-refractivity contribution is 6.29. The van der Waals surface area contributed by atoms with Crippen molar-refractivity contribution in [1.29, 1.82) is 0 Å². The molecule has 1 aliphatic rings. The van der Waals surface area contributed by atoms with E-state index in [2.05, 4.69) is 4.98 Å². The van der Waals surface area contributed by atoms with Crippen LogP contribution < -0.4 is 0 Å². The van der Waals surface area contributed by atoms with Crippen LogP contribution in [0.1, 0.15) is 23.2 Å². The number of pyridine rings is 1. The summed E-state index contributed by atoms with van der Waals surface area (Å²) in [5.74, 6) is -1.27. The van der Waals surface area contributed by atoms with Crippen LogP contribution in [0.4, 0.5) is 0 Å². The van der Waals surface area contributed by atoms with Gasteiger partial charge in [0.2, 0.25) is 0 Å². The molecule has 1 saturated heterocycles. The third-order valence-electron chi connectivity index (χ3n) is 2.77. The lowest BCUT2D eigenvalue weighted by Gasteiger charge is -2.21. The van der Waals surface area contributed by atoms with Crippen molar-refractivity contribution < 1.29 is 14.7 Å². The topological polar surface area (TPSA) is 70.5 Å². The van der Waals surface area contributed by atoms with E-state index in [0.717, 1.165) is 0 Å². The van der Waals surface area contributed by atoms with Crippen LogP contribution in [0.3, 0.4) is 0 Å². The van der Waals surface area contributed by atoms with Gasteiger partial charge >= 0.3 is 5.97 Å². The van der Waals surface area contributed by atoms with Gasteiger partial charge in [-0.1, -0.05) is 11.6 Å². The molecule has 0 bridgehead atoms. The van der Waals surface area contributed by atoms with E-state index >= 15 is 0 Å². The lowest BCUT2D eigenvalue weighted by atomic mass is 10.2. The van der Waals surface area contributed by atoms with Crippen molar-refractivity contribution in [2.75, 3.05) is 6.54 Å². The molecule has 0 aromatic carbocycles. The number of likely N-dealkylation sites (tertiary alicyclic amines) is 1. The van der Waals surface area contributed by atoms with Gasteiger partial charge in [0.25, 0.3) is 5.91 Å². The standard InChI is InChI=1S/C11H11ClN2O3/c12-9-6-7(3-4-13-9)10(15)14-5-1-2-8(14)11(16)17/h3-4,6,8H,1-2,5H2,(H,16,17)/t8-/m1/s1. The number of amides is 1. The maximum absolute atomic E-state index is 12.1. The minimum atomic E-state index is -0.962. The van der Waals surface area contributed by atoms with Crippen LogP contribution in [0.2, 0.25) is 5.15 Å². The smallest absolute Gasteiger partial charge is 0.326 e. The Labute approximate surface area is 103 Å². The molecule has 1 aromatic heterocycles. The van der Waals surface area contributed by atoms with Crippen LogP contribution >= 0.6 is 11.6 Å². The summed E-state index contributed by atoms with van der Waals surface area (Å²) in [5, 5.41) is 9.23. The summed E-state index contributed by atoms with van der Waals surface area (Å²) in [6.07, 6.45) is 2.64. The average molecular weight is 255 g/mol. The molecular formula is C11H11ClN2O3. The fourth-order valence-corrected chi connectivity index (χ4v) is 2.14. The highest BCUT2D eigenvalue weighted by Gasteiger charge is 2.34. The molecule has 2 rings (SSSR count). The van der Waals surface area contributed by atoms with Crippen molar-refractivity contribution >= 4 is 23.5 Å². The quantitative estimate of drug-likeness (QED) is 0.811. The number of hydrogen-bond donors (Lipinski definition) is 1. The number of nitrogens with zero attached hydrogens (tertiary/aromatic N) is 2. The van der Waals surface area contributed by atoms with Gasteiger partial charge in [0.05, 0.1) is 0 Å². The van der Waals surface area contributed by atoms with E-state index in [4.69, 9.17) is 16.7 Å². The Morgan fingerprint density at radius 2 is 2.29 bits per heavy atom. The first-order chi connectivity index (χ1) is 8.09. The summed E-state index contributed by atoms with van der Waals surface area (Å²) < 4.78 is 0. The zero-order valence-corrected chi connectivity index (χ0v) is 9.72. The van der Waals surface area contributed by atoms with Gasteiger partial charge < -0.3 is 10.0 Å². The van der Waals surface area contributed by atoms with Gasteiger partial charge in [-0.15, -0.1) is 0 Å². The van der Waals surface area contributed by atoms with Crippen molar-refractivity contribution in [2.24, 2.45) is 0 Å². The van der Waals surface area contributed by atoms with Gasteiger partial charge in [-0.05, 0) is 25.0 Å². The predicted molar refractivity (Wildman–Crippen MR) is 60.9 cm³/mol. The van der Waals surface area contributed by atoms with Crippen LogP contribution in [0.25, 0.3) is 0 Å². The first-order valence-electron chi connectivity index (χ1n) is 5.25. The number of halogens is 1. The monoisotopic (exact) mass is 254 g/mol. The summed E-state index contributed by atoms with van der Waals surface area (Å²) in [4.78, 5) is 28.2. The molecule has 17 heavy (non-hydrogen) atoms. The van der Waals surface area contributed by atoms with E-state index in [1.54, 1.807) is 0 Å². The number of hydrogen-bond acceptors (Lipinski definition) is 3. The van der Waals surface area contributed by atoms with Gasteiger partial charge in [0.1, 0.15) is 11.2 Å². The fourth-order valence-electron chi connectivity index (χ4n) is 1.97. The molecule has 0 unspecified atom stereocenters. The summed E-state index contributed by atoms with van der Waals surface area (Å²) in [6, 6.07) is 2.25. The highest BCUT2D eigenvalue weighted by atomic mass is 35.5. The van der Waals surface area contributed by atoms with Crippen molar-refractivity contribution in [3.05, 3.63) is 29.0 Å². The molecule has 0 aliphatic carbocycles. The molecule has 1 aromatic rings. The second-order valence-corrected chi connectivity index (χ2v) is 4.25. The van der Waals surface area contributed by atoms with Gasteiger partial charge in [0, 0.05) is 18.3 Å². The van der Waals surface area contributed by atoms with E-state index in [0.29, 0.717) is 24.9 Å². The maximum Gasteiger partial charge on any atom is 0.326 e. The Morgan fingerprint density at radius 3 is 2.94 bits per heavy atom. The second kappa shape index (κ2) is 4.71. The molecule has 2 heterocycles. The van der Waals surface area contributed by atoms with Crippen molar-refractivity contribution in [3.8, 4) is 0 Å². The Bertz CT molecular complexity index is 464. The van der Waals surface area contributed by atoms with E-state index in [1.807, 2.05) is 0 Å². The van der Waals surface area contributed by atoms with Crippen LogP contribution in [0.5, 0.6) is 0 Å². The Hall–Kier alpha value is -1.62. The van der Waals surface area contributed by atoms with E-state index in [9.17, 15) is 9.59 Å². The molecule has 1 aliphatic heterocycles. The van der Waals surface area contributed by atoms with Gasteiger partial charge in [-0.2, -0.15) is 0 Å². The summed E-state index contributed by atoms with van der Waals surface area (Å²) in [5.41, 5.74) is 0.373. The first-order valence-corrected chi connectivity index (χ1v) is 5.62. The molecule has 0 spiro atoms. The zero-order chi connectivity index (χ0) is 12.4. The second-order valence-electron chi connectivity index (χ2n) is 3.86. The third-order valence-corrected chi connectivity index (χ3v) is 2.98.